The Balaban J connectivity index is 1.75. The molecule has 2 rings (SSSR count). The standard InChI is InChI=1S/C15H21NO4/c1-19-8-2-7-16-15(18)10-20-12-4-5-13-11(9-12)3-6-14(13)17/h4-5,9,14,17H,2-3,6-8,10H2,1H3,(H,16,18). The Kier molecular flexibility index (Phi) is 5.38. The van der Waals surface area contributed by atoms with Crippen molar-refractivity contribution in [3.8, 4) is 5.75 Å². The number of hydrogen-bond acceptors (Lipinski definition) is 4. The Bertz CT molecular complexity index is 461. The molecule has 1 atom stereocenters. The van der Waals surface area contributed by atoms with E-state index in [9.17, 15) is 9.90 Å². The number of rotatable bonds is 7. The molecule has 1 amide bonds. The lowest BCUT2D eigenvalue weighted by molar-refractivity contribution is -0.123. The number of ether oxygens (including phenoxy) is 2. The lowest BCUT2D eigenvalue weighted by Gasteiger charge is -2.09. The molecule has 0 aliphatic heterocycles. The quantitative estimate of drug-likeness (QED) is 0.736. The van der Waals surface area contributed by atoms with Crippen molar-refractivity contribution in [3.05, 3.63) is 29.3 Å². The molecule has 0 saturated heterocycles. The summed E-state index contributed by atoms with van der Waals surface area (Å²) in [7, 11) is 1.63. The van der Waals surface area contributed by atoms with E-state index in [1.54, 1.807) is 13.2 Å². The van der Waals surface area contributed by atoms with Crippen LogP contribution in [0.15, 0.2) is 18.2 Å². The second kappa shape index (κ2) is 7.26. The predicted octanol–water partition coefficient (Wildman–Crippen LogP) is 1.20. The van der Waals surface area contributed by atoms with E-state index in [1.165, 1.54) is 0 Å². The van der Waals surface area contributed by atoms with Crippen molar-refractivity contribution < 1.29 is 19.4 Å². The smallest absolute Gasteiger partial charge is 0.257 e. The minimum Gasteiger partial charge on any atom is -0.484 e. The molecule has 1 aliphatic rings. The molecule has 0 radical (unpaired) electrons. The van der Waals surface area contributed by atoms with E-state index in [2.05, 4.69) is 5.32 Å². The fourth-order valence-electron chi connectivity index (χ4n) is 2.31. The Hall–Kier alpha value is -1.59. The normalized spacial score (nSPS) is 16.8. The minimum atomic E-state index is -0.358. The molecule has 0 spiro atoms. The molecule has 20 heavy (non-hydrogen) atoms. The number of carbonyl (C=O) groups excluding carboxylic acids is 1. The molecule has 0 fully saturated rings. The van der Waals surface area contributed by atoms with Crippen LogP contribution in [-0.4, -0.2) is 37.9 Å². The van der Waals surface area contributed by atoms with Crippen LogP contribution < -0.4 is 10.1 Å². The average molecular weight is 279 g/mol. The van der Waals surface area contributed by atoms with Gasteiger partial charge in [-0.1, -0.05) is 6.07 Å². The van der Waals surface area contributed by atoms with Crippen molar-refractivity contribution in [1.82, 2.24) is 5.32 Å². The number of fused-ring (bicyclic) bond motifs is 1. The summed E-state index contributed by atoms with van der Waals surface area (Å²) in [5.74, 6) is 0.534. The van der Waals surface area contributed by atoms with Crippen molar-refractivity contribution in [3.63, 3.8) is 0 Å². The van der Waals surface area contributed by atoms with Crippen LogP contribution in [0.25, 0.3) is 0 Å². The largest absolute Gasteiger partial charge is 0.484 e. The number of methoxy groups -OCH3 is 1. The highest BCUT2D eigenvalue weighted by Gasteiger charge is 2.20. The van der Waals surface area contributed by atoms with Crippen LogP contribution in [0.3, 0.4) is 0 Å². The number of carbonyl (C=O) groups is 1. The van der Waals surface area contributed by atoms with Crippen molar-refractivity contribution in [2.75, 3.05) is 26.9 Å². The van der Waals surface area contributed by atoms with Crippen LogP contribution >= 0.6 is 0 Å². The molecule has 0 bridgehead atoms. The molecule has 5 nitrogen and oxygen atoms in total. The van der Waals surface area contributed by atoms with Gasteiger partial charge in [-0.15, -0.1) is 0 Å². The number of benzene rings is 1. The molecule has 0 saturated carbocycles. The number of aliphatic hydroxyl groups is 1. The third-order valence-electron chi connectivity index (χ3n) is 3.38. The predicted molar refractivity (Wildman–Crippen MR) is 74.7 cm³/mol. The van der Waals surface area contributed by atoms with Gasteiger partial charge < -0.3 is 19.9 Å². The van der Waals surface area contributed by atoms with Gasteiger partial charge in [0.25, 0.3) is 5.91 Å². The van der Waals surface area contributed by atoms with Gasteiger partial charge in [0.05, 0.1) is 6.10 Å². The van der Waals surface area contributed by atoms with E-state index >= 15 is 0 Å². The van der Waals surface area contributed by atoms with Crippen molar-refractivity contribution >= 4 is 5.91 Å². The van der Waals surface area contributed by atoms with Gasteiger partial charge in [0, 0.05) is 20.3 Å². The van der Waals surface area contributed by atoms with Gasteiger partial charge in [-0.2, -0.15) is 0 Å². The summed E-state index contributed by atoms with van der Waals surface area (Å²) >= 11 is 0. The second-order valence-corrected chi connectivity index (χ2v) is 4.90. The van der Waals surface area contributed by atoms with Crippen molar-refractivity contribution in [1.29, 1.82) is 0 Å². The first-order valence-electron chi connectivity index (χ1n) is 6.90. The number of amides is 1. The first-order chi connectivity index (χ1) is 9.70. The molecule has 0 aromatic heterocycles. The number of aryl methyl sites for hydroxylation is 1. The molecular weight excluding hydrogens is 258 g/mol. The molecule has 5 heteroatoms. The summed E-state index contributed by atoms with van der Waals surface area (Å²) in [6, 6.07) is 5.58. The summed E-state index contributed by atoms with van der Waals surface area (Å²) in [6.07, 6.45) is 2.05. The highest BCUT2D eigenvalue weighted by Crippen LogP contribution is 2.33. The summed E-state index contributed by atoms with van der Waals surface area (Å²) < 4.78 is 10.4. The molecule has 0 heterocycles. The Morgan fingerprint density at radius 1 is 1.50 bits per heavy atom. The Morgan fingerprint density at radius 2 is 2.35 bits per heavy atom. The first-order valence-corrected chi connectivity index (χ1v) is 6.90. The van der Waals surface area contributed by atoms with E-state index in [1.807, 2.05) is 12.1 Å². The van der Waals surface area contributed by atoms with Gasteiger partial charge in [-0.3, -0.25) is 4.79 Å². The molecular formula is C15H21NO4. The average Bonchev–Trinajstić information content (AvgIpc) is 2.82. The minimum absolute atomic E-state index is 0.00826. The zero-order chi connectivity index (χ0) is 14.4. The second-order valence-electron chi connectivity index (χ2n) is 4.90. The Morgan fingerprint density at radius 3 is 3.15 bits per heavy atom. The number of nitrogens with one attached hydrogen (secondary N) is 1. The van der Waals surface area contributed by atoms with E-state index in [4.69, 9.17) is 9.47 Å². The fourth-order valence-corrected chi connectivity index (χ4v) is 2.31. The van der Waals surface area contributed by atoms with Crippen molar-refractivity contribution in [2.45, 2.75) is 25.4 Å². The highest BCUT2D eigenvalue weighted by molar-refractivity contribution is 5.77. The van der Waals surface area contributed by atoms with E-state index in [0.29, 0.717) is 18.9 Å². The third kappa shape index (κ3) is 3.95. The van der Waals surface area contributed by atoms with Crippen molar-refractivity contribution in [2.24, 2.45) is 0 Å². The maximum absolute atomic E-state index is 11.5. The maximum Gasteiger partial charge on any atom is 0.257 e. The molecule has 1 aromatic carbocycles. The Labute approximate surface area is 118 Å². The van der Waals surface area contributed by atoms with Crippen LogP contribution in [-0.2, 0) is 16.0 Å². The first kappa shape index (κ1) is 14.8. The fraction of sp³-hybridized carbons (Fsp3) is 0.533. The summed E-state index contributed by atoms with van der Waals surface area (Å²) in [6.45, 7) is 1.23. The number of aliphatic hydroxyl groups excluding tert-OH is 1. The summed E-state index contributed by atoms with van der Waals surface area (Å²) in [5.41, 5.74) is 2.08. The zero-order valence-electron chi connectivity index (χ0n) is 11.7. The highest BCUT2D eigenvalue weighted by atomic mass is 16.5. The van der Waals surface area contributed by atoms with Gasteiger partial charge in [0.15, 0.2) is 6.61 Å². The van der Waals surface area contributed by atoms with Crippen LogP contribution in [0.2, 0.25) is 0 Å². The lowest BCUT2D eigenvalue weighted by atomic mass is 10.1. The molecule has 1 aliphatic carbocycles. The van der Waals surface area contributed by atoms with Crippen LogP contribution in [0.5, 0.6) is 5.75 Å². The maximum atomic E-state index is 11.5. The zero-order valence-corrected chi connectivity index (χ0v) is 11.7. The van der Waals surface area contributed by atoms with Crippen LogP contribution in [0.1, 0.15) is 30.1 Å². The van der Waals surface area contributed by atoms with Gasteiger partial charge in [0.1, 0.15) is 5.75 Å². The van der Waals surface area contributed by atoms with Crippen LogP contribution in [0.4, 0.5) is 0 Å². The SMILES string of the molecule is COCCCNC(=O)COc1ccc2c(c1)CCC2O. The van der Waals surface area contributed by atoms with E-state index in [0.717, 1.165) is 30.4 Å². The lowest BCUT2D eigenvalue weighted by Crippen LogP contribution is -2.30. The monoisotopic (exact) mass is 279 g/mol. The molecule has 110 valence electrons. The third-order valence-corrected chi connectivity index (χ3v) is 3.38. The van der Waals surface area contributed by atoms with Gasteiger partial charge in [-0.25, -0.2) is 0 Å². The molecule has 1 aromatic rings. The molecule has 2 N–H and O–H groups in total. The topological polar surface area (TPSA) is 67.8 Å². The summed E-state index contributed by atoms with van der Waals surface area (Å²) in [4.78, 5) is 11.5. The van der Waals surface area contributed by atoms with Gasteiger partial charge >= 0.3 is 0 Å². The summed E-state index contributed by atoms with van der Waals surface area (Å²) in [5, 5.41) is 12.5. The van der Waals surface area contributed by atoms with Gasteiger partial charge in [0.2, 0.25) is 0 Å². The number of hydrogen-bond donors (Lipinski definition) is 2. The van der Waals surface area contributed by atoms with E-state index in [-0.39, 0.29) is 18.6 Å². The van der Waals surface area contributed by atoms with E-state index < -0.39 is 0 Å². The van der Waals surface area contributed by atoms with Crippen LogP contribution in [0, 0.1) is 0 Å². The molecule has 1 unspecified atom stereocenters. The van der Waals surface area contributed by atoms with Gasteiger partial charge in [-0.05, 0) is 42.5 Å².